The maximum atomic E-state index is 12.1. The quantitative estimate of drug-likeness (QED) is 0.876. The van der Waals surface area contributed by atoms with Crippen molar-refractivity contribution in [3.63, 3.8) is 0 Å². The number of halogens is 1. The lowest BCUT2D eigenvalue weighted by molar-refractivity contribution is 0.100. The standard InChI is InChI=1S/C11H11ClN4O3S/c1-16-6-14-11(9(16)12)20(18,19)15-8-4-2-7(3-5-8)10(13)17/h2-6,15H,1H3,(H2,13,17). The van der Waals surface area contributed by atoms with Gasteiger partial charge in [-0.3, -0.25) is 9.52 Å². The fourth-order valence-electron chi connectivity index (χ4n) is 1.48. The molecular formula is C11H11ClN4O3S. The summed E-state index contributed by atoms with van der Waals surface area (Å²) in [6, 6.07) is 5.68. The molecule has 2 rings (SSSR count). The van der Waals surface area contributed by atoms with Crippen molar-refractivity contribution in [1.29, 1.82) is 0 Å². The lowest BCUT2D eigenvalue weighted by Gasteiger charge is -2.06. The van der Waals surface area contributed by atoms with Crippen LogP contribution in [0.25, 0.3) is 0 Å². The third-order valence-electron chi connectivity index (χ3n) is 2.51. The third-order valence-corrected chi connectivity index (χ3v) is 4.38. The Bertz CT molecular complexity index is 752. The number of primary amides is 1. The van der Waals surface area contributed by atoms with Crippen molar-refractivity contribution in [2.24, 2.45) is 12.8 Å². The Morgan fingerprint density at radius 1 is 1.35 bits per heavy atom. The van der Waals surface area contributed by atoms with Gasteiger partial charge in [0.1, 0.15) is 5.15 Å². The average molecular weight is 315 g/mol. The fraction of sp³-hybridized carbons (Fsp3) is 0.0909. The molecule has 20 heavy (non-hydrogen) atoms. The Morgan fingerprint density at radius 2 is 1.95 bits per heavy atom. The number of aromatic nitrogens is 2. The molecule has 0 saturated carbocycles. The number of hydrogen-bond acceptors (Lipinski definition) is 4. The summed E-state index contributed by atoms with van der Waals surface area (Å²) in [4.78, 5) is 14.7. The van der Waals surface area contributed by atoms with Crippen molar-refractivity contribution in [3.8, 4) is 0 Å². The monoisotopic (exact) mass is 314 g/mol. The van der Waals surface area contributed by atoms with Gasteiger partial charge in [-0.2, -0.15) is 8.42 Å². The predicted molar refractivity (Wildman–Crippen MR) is 74.0 cm³/mol. The van der Waals surface area contributed by atoms with E-state index in [1.165, 1.54) is 35.2 Å². The van der Waals surface area contributed by atoms with Gasteiger partial charge >= 0.3 is 0 Å². The number of rotatable bonds is 4. The highest BCUT2D eigenvalue weighted by Crippen LogP contribution is 2.21. The van der Waals surface area contributed by atoms with Crippen molar-refractivity contribution in [3.05, 3.63) is 41.3 Å². The molecule has 0 atom stereocenters. The number of anilines is 1. The topological polar surface area (TPSA) is 107 Å². The van der Waals surface area contributed by atoms with Gasteiger partial charge < -0.3 is 10.3 Å². The summed E-state index contributed by atoms with van der Waals surface area (Å²) < 4.78 is 27.9. The van der Waals surface area contributed by atoms with Crippen LogP contribution in [0.5, 0.6) is 0 Å². The van der Waals surface area contributed by atoms with Crippen molar-refractivity contribution in [2.75, 3.05) is 4.72 Å². The van der Waals surface area contributed by atoms with E-state index in [-0.39, 0.29) is 21.4 Å². The molecule has 3 N–H and O–H groups in total. The van der Waals surface area contributed by atoms with Crippen molar-refractivity contribution < 1.29 is 13.2 Å². The number of benzene rings is 1. The zero-order valence-electron chi connectivity index (χ0n) is 10.4. The van der Waals surface area contributed by atoms with Crippen molar-refractivity contribution in [2.45, 2.75) is 5.03 Å². The number of hydrogen-bond donors (Lipinski definition) is 2. The maximum absolute atomic E-state index is 12.1. The number of aryl methyl sites for hydroxylation is 1. The molecule has 0 aliphatic rings. The van der Waals surface area contributed by atoms with Gasteiger partial charge in [0.25, 0.3) is 10.0 Å². The molecule has 1 aromatic carbocycles. The van der Waals surface area contributed by atoms with Gasteiger partial charge in [-0.05, 0) is 24.3 Å². The van der Waals surface area contributed by atoms with Gasteiger partial charge in [-0.15, -0.1) is 0 Å². The first kappa shape index (κ1) is 14.4. The maximum Gasteiger partial charge on any atom is 0.282 e. The number of carbonyl (C=O) groups excluding carboxylic acids is 1. The molecule has 0 radical (unpaired) electrons. The van der Waals surface area contributed by atoms with Crippen LogP contribution in [0.1, 0.15) is 10.4 Å². The lowest BCUT2D eigenvalue weighted by atomic mass is 10.2. The minimum absolute atomic E-state index is 0.00579. The molecule has 1 heterocycles. The molecule has 1 aromatic heterocycles. The first-order valence-corrected chi connectivity index (χ1v) is 7.27. The van der Waals surface area contributed by atoms with Crippen molar-refractivity contribution in [1.82, 2.24) is 9.55 Å². The third kappa shape index (κ3) is 2.75. The summed E-state index contributed by atoms with van der Waals surface area (Å²) in [7, 11) is -2.31. The van der Waals surface area contributed by atoms with E-state index in [1.807, 2.05) is 0 Å². The van der Waals surface area contributed by atoms with E-state index in [4.69, 9.17) is 17.3 Å². The molecule has 0 spiro atoms. The predicted octanol–water partition coefficient (Wildman–Crippen LogP) is 0.973. The molecule has 7 nitrogen and oxygen atoms in total. The average Bonchev–Trinajstić information content (AvgIpc) is 2.71. The van der Waals surface area contributed by atoms with E-state index >= 15 is 0 Å². The Balaban J connectivity index is 2.29. The summed E-state index contributed by atoms with van der Waals surface area (Å²) in [5, 5.41) is -0.257. The minimum atomic E-state index is -3.89. The van der Waals surface area contributed by atoms with Crippen LogP contribution in [0.15, 0.2) is 35.6 Å². The Labute approximate surface area is 120 Å². The van der Waals surface area contributed by atoms with Crippen LogP contribution < -0.4 is 10.5 Å². The highest BCUT2D eigenvalue weighted by atomic mass is 35.5. The number of carbonyl (C=O) groups is 1. The van der Waals surface area contributed by atoms with Gasteiger partial charge in [0.05, 0.1) is 6.33 Å². The molecule has 0 aliphatic heterocycles. The molecule has 0 bridgehead atoms. The SMILES string of the molecule is Cn1cnc(S(=O)(=O)Nc2ccc(C(N)=O)cc2)c1Cl. The molecule has 0 unspecified atom stereocenters. The van der Waals surface area contributed by atoms with E-state index in [0.29, 0.717) is 0 Å². The normalized spacial score (nSPS) is 11.3. The zero-order valence-corrected chi connectivity index (χ0v) is 11.9. The molecular weight excluding hydrogens is 304 g/mol. The summed E-state index contributed by atoms with van der Waals surface area (Å²) in [6.07, 6.45) is 1.30. The minimum Gasteiger partial charge on any atom is -0.366 e. The number of sulfonamides is 1. The van der Waals surface area contributed by atoms with Gasteiger partial charge in [-0.1, -0.05) is 11.6 Å². The second-order valence-electron chi connectivity index (χ2n) is 4.00. The zero-order chi connectivity index (χ0) is 14.9. The second kappa shape index (κ2) is 5.14. The number of imidazole rings is 1. The fourth-order valence-corrected chi connectivity index (χ4v) is 2.97. The van der Waals surface area contributed by atoms with E-state index in [0.717, 1.165) is 0 Å². The number of nitrogens with one attached hydrogen (secondary N) is 1. The van der Waals surface area contributed by atoms with Crippen LogP contribution in [0.2, 0.25) is 5.15 Å². The smallest absolute Gasteiger partial charge is 0.282 e. The number of nitrogens with zero attached hydrogens (tertiary/aromatic N) is 2. The van der Waals surface area contributed by atoms with E-state index in [2.05, 4.69) is 9.71 Å². The van der Waals surface area contributed by atoms with Crippen LogP contribution in [0, 0.1) is 0 Å². The van der Waals surface area contributed by atoms with Gasteiger partial charge in [0.2, 0.25) is 10.9 Å². The number of nitrogens with two attached hydrogens (primary N) is 1. The van der Waals surface area contributed by atoms with E-state index in [9.17, 15) is 13.2 Å². The van der Waals surface area contributed by atoms with E-state index < -0.39 is 15.9 Å². The van der Waals surface area contributed by atoms with Gasteiger partial charge in [0.15, 0.2) is 0 Å². The molecule has 9 heteroatoms. The molecule has 2 aromatic rings. The Kier molecular flexibility index (Phi) is 3.69. The molecule has 106 valence electrons. The van der Waals surface area contributed by atoms with E-state index in [1.54, 1.807) is 7.05 Å². The summed E-state index contributed by atoms with van der Waals surface area (Å²) in [6.45, 7) is 0. The van der Waals surface area contributed by atoms with Gasteiger partial charge in [0, 0.05) is 18.3 Å². The second-order valence-corrected chi connectivity index (χ2v) is 5.95. The lowest BCUT2D eigenvalue weighted by Crippen LogP contribution is -2.15. The summed E-state index contributed by atoms with van der Waals surface area (Å²) in [5.41, 5.74) is 5.65. The summed E-state index contributed by atoms with van der Waals surface area (Å²) in [5.74, 6) is -0.591. The van der Waals surface area contributed by atoms with Crippen LogP contribution in [-0.2, 0) is 17.1 Å². The van der Waals surface area contributed by atoms with Crippen LogP contribution >= 0.6 is 11.6 Å². The highest BCUT2D eigenvalue weighted by Gasteiger charge is 2.22. The summed E-state index contributed by atoms with van der Waals surface area (Å²) >= 11 is 5.85. The highest BCUT2D eigenvalue weighted by molar-refractivity contribution is 7.92. The first-order chi connectivity index (χ1) is 9.31. The number of amides is 1. The van der Waals surface area contributed by atoms with Crippen molar-refractivity contribution >= 4 is 33.2 Å². The van der Waals surface area contributed by atoms with Crippen LogP contribution in [0.4, 0.5) is 5.69 Å². The molecule has 0 saturated heterocycles. The Hall–Kier alpha value is -2.06. The molecule has 0 fully saturated rings. The first-order valence-electron chi connectivity index (χ1n) is 5.41. The molecule has 0 aliphatic carbocycles. The van der Waals surface area contributed by atoms with Gasteiger partial charge in [-0.25, -0.2) is 4.98 Å². The Morgan fingerprint density at radius 3 is 2.40 bits per heavy atom. The van der Waals surface area contributed by atoms with Crippen LogP contribution in [0.3, 0.4) is 0 Å². The van der Waals surface area contributed by atoms with Crippen LogP contribution in [-0.4, -0.2) is 23.9 Å². The molecule has 1 amide bonds. The largest absolute Gasteiger partial charge is 0.366 e.